The molecule has 0 saturated carbocycles. The molecule has 5 nitrogen and oxygen atoms in total. The van der Waals surface area contributed by atoms with Crippen LogP contribution >= 0.6 is 0 Å². The van der Waals surface area contributed by atoms with Gasteiger partial charge in [-0.15, -0.1) is 0 Å². The fraction of sp³-hybridized carbons (Fsp3) is 0.273. The summed E-state index contributed by atoms with van der Waals surface area (Å²) in [6, 6.07) is 16.3. The third-order valence-electron chi connectivity index (χ3n) is 5.42. The first-order valence-electron chi connectivity index (χ1n) is 9.30. The van der Waals surface area contributed by atoms with Crippen molar-refractivity contribution in [1.29, 1.82) is 0 Å². The van der Waals surface area contributed by atoms with Crippen molar-refractivity contribution in [2.45, 2.75) is 12.8 Å². The Bertz CT molecular complexity index is 921. The van der Waals surface area contributed by atoms with Gasteiger partial charge in [0.05, 0.1) is 17.6 Å². The van der Waals surface area contributed by atoms with Gasteiger partial charge in [0, 0.05) is 31.4 Å². The second kappa shape index (κ2) is 7.37. The number of hydrogen-bond acceptors (Lipinski definition) is 3. The van der Waals surface area contributed by atoms with Crippen molar-refractivity contribution in [3.05, 3.63) is 83.9 Å². The SMILES string of the molecule is Cc1ccc(-n2ccnc2)c(C(=O)N2C[C@@H](CN)[C@H](c3ccccc3)C2)c1. The predicted molar refractivity (Wildman–Crippen MR) is 106 cm³/mol. The normalized spacial score (nSPS) is 19.4. The van der Waals surface area contributed by atoms with Gasteiger partial charge in [0.15, 0.2) is 0 Å². The van der Waals surface area contributed by atoms with Gasteiger partial charge in [-0.05, 0) is 37.1 Å². The minimum atomic E-state index is 0.0549. The van der Waals surface area contributed by atoms with Gasteiger partial charge in [-0.2, -0.15) is 0 Å². The van der Waals surface area contributed by atoms with Crippen molar-refractivity contribution in [2.24, 2.45) is 11.7 Å². The molecule has 0 bridgehead atoms. The Morgan fingerprint density at radius 2 is 2.00 bits per heavy atom. The lowest BCUT2D eigenvalue weighted by molar-refractivity contribution is 0.0786. The van der Waals surface area contributed by atoms with Crippen LogP contribution in [-0.4, -0.2) is 40.0 Å². The number of nitrogens with zero attached hydrogens (tertiary/aromatic N) is 3. The van der Waals surface area contributed by atoms with E-state index >= 15 is 0 Å². The van der Waals surface area contributed by atoms with Gasteiger partial charge < -0.3 is 15.2 Å². The maximum atomic E-state index is 13.4. The Hall–Kier alpha value is -2.92. The lowest BCUT2D eigenvalue weighted by Crippen LogP contribution is -2.30. The molecule has 1 aromatic heterocycles. The Labute approximate surface area is 159 Å². The number of aromatic nitrogens is 2. The summed E-state index contributed by atoms with van der Waals surface area (Å²) in [5.74, 6) is 0.610. The summed E-state index contributed by atoms with van der Waals surface area (Å²) in [7, 11) is 0. The number of carbonyl (C=O) groups excluding carboxylic acids is 1. The largest absolute Gasteiger partial charge is 0.338 e. The van der Waals surface area contributed by atoms with E-state index in [1.165, 1.54) is 5.56 Å². The van der Waals surface area contributed by atoms with Crippen molar-refractivity contribution in [3.8, 4) is 5.69 Å². The molecule has 1 aliphatic heterocycles. The van der Waals surface area contributed by atoms with Crippen molar-refractivity contribution in [3.63, 3.8) is 0 Å². The van der Waals surface area contributed by atoms with Crippen LogP contribution in [0.25, 0.3) is 5.69 Å². The maximum absolute atomic E-state index is 13.4. The number of nitrogens with two attached hydrogens (primary N) is 1. The molecular formula is C22H24N4O. The van der Waals surface area contributed by atoms with Crippen LogP contribution < -0.4 is 5.73 Å². The Morgan fingerprint density at radius 1 is 1.19 bits per heavy atom. The highest BCUT2D eigenvalue weighted by Crippen LogP contribution is 2.33. The van der Waals surface area contributed by atoms with Gasteiger partial charge in [0.1, 0.15) is 0 Å². The fourth-order valence-electron chi connectivity index (χ4n) is 3.97. The van der Waals surface area contributed by atoms with E-state index in [-0.39, 0.29) is 17.7 Å². The molecule has 1 aliphatic rings. The lowest BCUT2D eigenvalue weighted by Gasteiger charge is -2.19. The Balaban J connectivity index is 1.65. The Morgan fingerprint density at radius 3 is 2.70 bits per heavy atom. The first kappa shape index (κ1) is 17.5. The lowest BCUT2D eigenvalue weighted by atomic mass is 9.89. The zero-order chi connectivity index (χ0) is 18.8. The van der Waals surface area contributed by atoms with Crippen molar-refractivity contribution >= 4 is 5.91 Å². The summed E-state index contributed by atoms with van der Waals surface area (Å²) in [6.45, 7) is 3.97. The van der Waals surface area contributed by atoms with E-state index in [1.54, 1.807) is 12.5 Å². The summed E-state index contributed by atoms with van der Waals surface area (Å²) >= 11 is 0. The van der Waals surface area contributed by atoms with Crippen LogP contribution in [0.4, 0.5) is 0 Å². The highest BCUT2D eigenvalue weighted by atomic mass is 16.2. The molecular weight excluding hydrogens is 336 g/mol. The van der Waals surface area contributed by atoms with Crippen LogP contribution in [0.15, 0.2) is 67.3 Å². The Kier molecular flexibility index (Phi) is 4.77. The molecule has 0 unspecified atom stereocenters. The minimum absolute atomic E-state index is 0.0549. The molecule has 0 spiro atoms. The minimum Gasteiger partial charge on any atom is -0.338 e. The van der Waals surface area contributed by atoms with Crippen LogP contribution in [0.5, 0.6) is 0 Å². The van der Waals surface area contributed by atoms with Crippen LogP contribution in [0.3, 0.4) is 0 Å². The average Bonchev–Trinajstić information content (AvgIpc) is 3.38. The van der Waals surface area contributed by atoms with E-state index in [4.69, 9.17) is 5.73 Å². The summed E-state index contributed by atoms with van der Waals surface area (Å²) in [4.78, 5) is 19.5. The third-order valence-corrected chi connectivity index (χ3v) is 5.42. The number of imidazole rings is 1. The van der Waals surface area contributed by atoms with Crippen LogP contribution in [0, 0.1) is 12.8 Å². The van der Waals surface area contributed by atoms with Crippen LogP contribution in [0.1, 0.15) is 27.4 Å². The first-order chi connectivity index (χ1) is 13.2. The molecule has 0 radical (unpaired) electrons. The molecule has 0 aliphatic carbocycles. The van der Waals surface area contributed by atoms with E-state index < -0.39 is 0 Å². The van der Waals surface area contributed by atoms with Gasteiger partial charge >= 0.3 is 0 Å². The molecule has 138 valence electrons. The smallest absolute Gasteiger partial charge is 0.256 e. The van der Waals surface area contributed by atoms with Crippen molar-refractivity contribution in [2.75, 3.05) is 19.6 Å². The zero-order valence-electron chi connectivity index (χ0n) is 15.5. The molecule has 4 rings (SSSR count). The molecule has 2 atom stereocenters. The topological polar surface area (TPSA) is 64.2 Å². The van der Waals surface area contributed by atoms with Crippen LogP contribution in [-0.2, 0) is 0 Å². The van der Waals surface area contributed by atoms with E-state index in [2.05, 4.69) is 17.1 Å². The third kappa shape index (κ3) is 3.38. The number of likely N-dealkylation sites (tertiary alicyclic amines) is 1. The number of amides is 1. The van der Waals surface area contributed by atoms with E-state index in [0.717, 1.165) is 11.3 Å². The molecule has 2 heterocycles. The summed E-state index contributed by atoms with van der Waals surface area (Å²) < 4.78 is 1.89. The molecule has 1 saturated heterocycles. The number of carbonyl (C=O) groups is 1. The van der Waals surface area contributed by atoms with Crippen molar-refractivity contribution in [1.82, 2.24) is 14.5 Å². The van der Waals surface area contributed by atoms with Gasteiger partial charge in [0.2, 0.25) is 0 Å². The second-order valence-electron chi connectivity index (χ2n) is 7.21. The van der Waals surface area contributed by atoms with Gasteiger partial charge in [-0.1, -0.05) is 42.0 Å². The summed E-state index contributed by atoms with van der Waals surface area (Å²) in [5, 5.41) is 0. The molecule has 1 fully saturated rings. The average molecular weight is 360 g/mol. The monoisotopic (exact) mass is 360 g/mol. The van der Waals surface area contributed by atoms with E-state index in [0.29, 0.717) is 25.2 Å². The summed E-state index contributed by atoms with van der Waals surface area (Å²) in [6.07, 6.45) is 5.31. The van der Waals surface area contributed by atoms with E-state index in [9.17, 15) is 4.79 Å². The highest BCUT2D eigenvalue weighted by Gasteiger charge is 2.36. The number of hydrogen-bond donors (Lipinski definition) is 1. The number of aryl methyl sites for hydroxylation is 1. The quantitative estimate of drug-likeness (QED) is 0.778. The molecule has 2 aromatic carbocycles. The molecule has 5 heteroatoms. The van der Waals surface area contributed by atoms with Gasteiger partial charge in [-0.25, -0.2) is 4.98 Å². The summed E-state index contributed by atoms with van der Waals surface area (Å²) in [5.41, 5.74) is 9.92. The number of rotatable bonds is 4. The predicted octanol–water partition coefficient (Wildman–Crippen LogP) is 3.00. The van der Waals surface area contributed by atoms with Crippen molar-refractivity contribution < 1.29 is 4.79 Å². The molecule has 1 amide bonds. The standard InChI is InChI=1S/C22H24N4O/c1-16-7-8-21(25-10-9-24-15-25)19(11-16)22(27)26-13-18(12-23)20(14-26)17-5-3-2-4-6-17/h2-11,15,18,20H,12-14,23H2,1H3/t18-,20+/m1/s1. The number of benzene rings is 2. The highest BCUT2D eigenvalue weighted by molar-refractivity contribution is 5.98. The zero-order valence-corrected chi connectivity index (χ0v) is 15.5. The van der Waals surface area contributed by atoms with Crippen LogP contribution in [0.2, 0.25) is 0 Å². The van der Waals surface area contributed by atoms with E-state index in [1.807, 2.05) is 59.0 Å². The molecule has 2 N–H and O–H groups in total. The fourth-order valence-corrected chi connectivity index (χ4v) is 3.97. The molecule has 27 heavy (non-hydrogen) atoms. The second-order valence-corrected chi connectivity index (χ2v) is 7.21. The van der Waals surface area contributed by atoms with Gasteiger partial charge in [0.25, 0.3) is 5.91 Å². The first-order valence-corrected chi connectivity index (χ1v) is 9.30. The molecule has 3 aromatic rings. The maximum Gasteiger partial charge on any atom is 0.256 e. The van der Waals surface area contributed by atoms with Gasteiger partial charge in [-0.3, -0.25) is 4.79 Å².